The third kappa shape index (κ3) is 3.72. The first-order valence-electron chi connectivity index (χ1n) is 7.81. The lowest BCUT2D eigenvalue weighted by Gasteiger charge is -2.23. The van der Waals surface area contributed by atoms with Crippen molar-refractivity contribution in [1.82, 2.24) is 0 Å². The van der Waals surface area contributed by atoms with Gasteiger partial charge in [0.2, 0.25) is 0 Å². The maximum absolute atomic E-state index is 13.1. The van der Waals surface area contributed by atoms with Gasteiger partial charge in [-0.2, -0.15) is 0 Å². The fourth-order valence-electron chi connectivity index (χ4n) is 2.61. The standard InChI is InChI=1S/C20H16N2O3/c23-20(18-13-7-8-14-19(18)22(24)25)21(17-11-5-2-6-12-17)15-16-9-3-1-4-10-16/h1-14H,15H2. The molecular weight excluding hydrogens is 316 g/mol. The van der Waals surface area contributed by atoms with Crippen LogP contribution < -0.4 is 4.90 Å². The van der Waals surface area contributed by atoms with E-state index in [9.17, 15) is 14.9 Å². The van der Waals surface area contributed by atoms with Gasteiger partial charge >= 0.3 is 0 Å². The second-order valence-electron chi connectivity index (χ2n) is 5.49. The molecule has 25 heavy (non-hydrogen) atoms. The Balaban J connectivity index is 2.03. The average molecular weight is 332 g/mol. The van der Waals surface area contributed by atoms with Crippen LogP contribution in [-0.4, -0.2) is 10.8 Å². The van der Waals surface area contributed by atoms with Crippen molar-refractivity contribution in [2.75, 3.05) is 4.90 Å². The van der Waals surface area contributed by atoms with Gasteiger partial charge in [-0.05, 0) is 23.8 Å². The van der Waals surface area contributed by atoms with E-state index in [1.165, 1.54) is 12.1 Å². The number of nitro groups is 1. The van der Waals surface area contributed by atoms with E-state index in [0.29, 0.717) is 12.2 Å². The molecular formula is C20H16N2O3. The summed E-state index contributed by atoms with van der Waals surface area (Å²) in [6, 6.07) is 24.7. The maximum Gasteiger partial charge on any atom is 0.282 e. The number of carbonyl (C=O) groups is 1. The summed E-state index contributed by atoms with van der Waals surface area (Å²) < 4.78 is 0. The first-order chi connectivity index (χ1) is 12.2. The molecule has 0 aliphatic rings. The molecule has 0 spiro atoms. The van der Waals surface area contributed by atoms with Gasteiger partial charge in [0, 0.05) is 11.8 Å². The quantitative estimate of drug-likeness (QED) is 0.512. The normalized spacial score (nSPS) is 10.2. The molecule has 0 N–H and O–H groups in total. The van der Waals surface area contributed by atoms with Crippen LogP contribution in [-0.2, 0) is 6.54 Å². The third-order valence-electron chi connectivity index (χ3n) is 3.83. The van der Waals surface area contributed by atoms with Crippen LogP contribution >= 0.6 is 0 Å². The smallest absolute Gasteiger partial charge is 0.282 e. The van der Waals surface area contributed by atoms with Crippen LogP contribution in [0.3, 0.4) is 0 Å². The number of benzene rings is 3. The zero-order valence-electron chi connectivity index (χ0n) is 13.4. The minimum atomic E-state index is -0.529. The van der Waals surface area contributed by atoms with E-state index < -0.39 is 10.8 Å². The highest BCUT2D eigenvalue weighted by Gasteiger charge is 2.25. The van der Waals surface area contributed by atoms with E-state index in [2.05, 4.69) is 0 Å². The Morgan fingerprint density at radius 1 is 0.840 bits per heavy atom. The molecule has 0 saturated carbocycles. The summed E-state index contributed by atoms with van der Waals surface area (Å²) in [4.78, 5) is 25.4. The van der Waals surface area contributed by atoms with Gasteiger partial charge in [-0.3, -0.25) is 14.9 Å². The lowest BCUT2D eigenvalue weighted by atomic mass is 10.1. The van der Waals surface area contributed by atoms with Crippen molar-refractivity contribution in [1.29, 1.82) is 0 Å². The van der Waals surface area contributed by atoms with Crippen LogP contribution in [0.5, 0.6) is 0 Å². The van der Waals surface area contributed by atoms with E-state index >= 15 is 0 Å². The fourth-order valence-corrected chi connectivity index (χ4v) is 2.61. The first kappa shape index (κ1) is 16.4. The lowest BCUT2D eigenvalue weighted by molar-refractivity contribution is -0.385. The molecule has 0 aliphatic carbocycles. The summed E-state index contributed by atoms with van der Waals surface area (Å²) in [7, 11) is 0. The second kappa shape index (κ2) is 7.40. The fraction of sp³-hybridized carbons (Fsp3) is 0.0500. The van der Waals surface area contributed by atoms with Crippen LogP contribution in [0.15, 0.2) is 84.9 Å². The zero-order valence-corrected chi connectivity index (χ0v) is 13.4. The number of amides is 1. The molecule has 5 heteroatoms. The third-order valence-corrected chi connectivity index (χ3v) is 3.83. The molecule has 5 nitrogen and oxygen atoms in total. The lowest BCUT2D eigenvalue weighted by Crippen LogP contribution is -2.30. The van der Waals surface area contributed by atoms with Crippen LogP contribution in [0.4, 0.5) is 11.4 Å². The molecule has 0 aromatic heterocycles. The van der Waals surface area contributed by atoms with Gasteiger partial charge in [0.1, 0.15) is 5.56 Å². The summed E-state index contributed by atoms with van der Waals surface area (Å²) >= 11 is 0. The van der Waals surface area contributed by atoms with Gasteiger partial charge < -0.3 is 4.90 Å². The van der Waals surface area contributed by atoms with Crippen molar-refractivity contribution in [3.8, 4) is 0 Å². The van der Waals surface area contributed by atoms with E-state index in [1.54, 1.807) is 17.0 Å². The topological polar surface area (TPSA) is 63.4 Å². The molecule has 0 fully saturated rings. The molecule has 3 aromatic carbocycles. The average Bonchev–Trinajstić information content (AvgIpc) is 2.67. The van der Waals surface area contributed by atoms with Gasteiger partial charge in [0.15, 0.2) is 0 Å². The Morgan fingerprint density at radius 2 is 1.40 bits per heavy atom. The highest BCUT2D eigenvalue weighted by atomic mass is 16.6. The van der Waals surface area contributed by atoms with Crippen molar-refractivity contribution >= 4 is 17.3 Å². The van der Waals surface area contributed by atoms with Crippen LogP contribution in [0, 0.1) is 10.1 Å². The highest BCUT2D eigenvalue weighted by molar-refractivity contribution is 6.08. The van der Waals surface area contributed by atoms with Gasteiger partial charge in [-0.1, -0.05) is 60.7 Å². The summed E-state index contributed by atoms with van der Waals surface area (Å²) in [6.45, 7) is 0.329. The Bertz CT molecular complexity index is 880. The van der Waals surface area contributed by atoms with E-state index in [1.807, 2.05) is 60.7 Å². The molecule has 0 radical (unpaired) electrons. The van der Waals surface area contributed by atoms with Crippen molar-refractivity contribution in [3.63, 3.8) is 0 Å². The number of anilines is 1. The molecule has 0 saturated heterocycles. The predicted octanol–water partition coefficient (Wildman–Crippen LogP) is 4.44. The largest absolute Gasteiger partial charge is 0.304 e. The number of hydrogen-bond acceptors (Lipinski definition) is 3. The monoisotopic (exact) mass is 332 g/mol. The van der Waals surface area contributed by atoms with Crippen molar-refractivity contribution in [2.24, 2.45) is 0 Å². The molecule has 3 rings (SSSR count). The van der Waals surface area contributed by atoms with Gasteiger partial charge in [0.25, 0.3) is 11.6 Å². The van der Waals surface area contributed by atoms with Crippen molar-refractivity contribution in [2.45, 2.75) is 6.54 Å². The predicted molar refractivity (Wildman–Crippen MR) is 96.5 cm³/mol. The number of nitrogens with zero attached hydrogens (tertiary/aromatic N) is 2. The molecule has 0 heterocycles. The highest BCUT2D eigenvalue weighted by Crippen LogP contribution is 2.24. The van der Waals surface area contributed by atoms with Crippen LogP contribution in [0.1, 0.15) is 15.9 Å². The summed E-state index contributed by atoms with van der Waals surface area (Å²) in [6.07, 6.45) is 0. The molecule has 1 amide bonds. The Hall–Kier alpha value is -3.47. The van der Waals surface area contributed by atoms with Gasteiger partial charge in [-0.15, -0.1) is 0 Å². The number of hydrogen-bond donors (Lipinski definition) is 0. The van der Waals surface area contributed by atoms with Crippen LogP contribution in [0.25, 0.3) is 0 Å². The van der Waals surface area contributed by atoms with Crippen LogP contribution in [0.2, 0.25) is 0 Å². The summed E-state index contributed by atoms with van der Waals surface area (Å²) in [5.74, 6) is -0.401. The first-order valence-corrected chi connectivity index (χ1v) is 7.81. The number of nitro benzene ring substituents is 1. The van der Waals surface area contributed by atoms with Crippen molar-refractivity contribution < 1.29 is 9.72 Å². The second-order valence-corrected chi connectivity index (χ2v) is 5.49. The molecule has 0 atom stereocenters. The summed E-state index contributed by atoms with van der Waals surface area (Å²) in [5, 5.41) is 11.3. The van der Waals surface area contributed by atoms with Gasteiger partial charge in [0.05, 0.1) is 11.5 Å². The van der Waals surface area contributed by atoms with Gasteiger partial charge in [-0.25, -0.2) is 0 Å². The Labute approximate surface area is 145 Å². The Morgan fingerprint density at radius 3 is 2.04 bits per heavy atom. The minimum absolute atomic E-state index is 0.0762. The summed E-state index contributed by atoms with van der Waals surface area (Å²) in [5.41, 5.74) is 1.52. The van der Waals surface area contributed by atoms with Crippen molar-refractivity contribution in [3.05, 3.63) is 106 Å². The molecule has 3 aromatic rings. The molecule has 124 valence electrons. The number of para-hydroxylation sites is 2. The molecule has 0 aliphatic heterocycles. The number of carbonyl (C=O) groups excluding carboxylic acids is 1. The minimum Gasteiger partial charge on any atom is -0.304 e. The van der Waals surface area contributed by atoms with E-state index in [0.717, 1.165) is 5.56 Å². The maximum atomic E-state index is 13.1. The Kier molecular flexibility index (Phi) is 4.85. The molecule has 0 bridgehead atoms. The molecule has 0 unspecified atom stereocenters. The van der Waals surface area contributed by atoms with E-state index in [-0.39, 0.29) is 11.3 Å². The van der Waals surface area contributed by atoms with E-state index in [4.69, 9.17) is 0 Å². The zero-order chi connectivity index (χ0) is 17.6. The number of rotatable bonds is 5. The SMILES string of the molecule is O=C(c1ccccc1[N+](=O)[O-])N(Cc1ccccc1)c1ccccc1.